The maximum absolute atomic E-state index is 12.6. The minimum atomic E-state index is -0.632. The molecule has 0 heterocycles. The summed E-state index contributed by atoms with van der Waals surface area (Å²) in [5.74, 6) is -0.0685. The third-order valence-electron chi connectivity index (χ3n) is 4.21. The fourth-order valence-electron chi connectivity index (χ4n) is 2.58. The molecular formula is C22H27NO4. The highest BCUT2D eigenvalue weighted by molar-refractivity contribution is 5.96. The van der Waals surface area contributed by atoms with Gasteiger partial charge in [-0.15, -0.1) is 0 Å². The van der Waals surface area contributed by atoms with Crippen molar-refractivity contribution >= 4 is 17.6 Å². The minimum Gasteiger partial charge on any atom is -0.481 e. The summed E-state index contributed by atoms with van der Waals surface area (Å²) in [6.07, 6.45) is -0.115. The van der Waals surface area contributed by atoms with Gasteiger partial charge < -0.3 is 14.8 Å². The number of methoxy groups -OCH3 is 1. The van der Waals surface area contributed by atoms with Gasteiger partial charge in [0.15, 0.2) is 6.10 Å². The first kappa shape index (κ1) is 20.5. The Kier molecular flexibility index (Phi) is 6.61. The van der Waals surface area contributed by atoms with Crippen LogP contribution in [0.25, 0.3) is 0 Å². The van der Waals surface area contributed by atoms with E-state index in [1.165, 1.54) is 12.7 Å². The molecule has 1 N–H and O–H groups in total. The summed E-state index contributed by atoms with van der Waals surface area (Å²) < 4.78 is 10.6. The Hall–Kier alpha value is -2.82. The maximum atomic E-state index is 12.6. The van der Waals surface area contributed by atoms with E-state index in [0.717, 1.165) is 0 Å². The molecule has 0 aliphatic carbocycles. The van der Waals surface area contributed by atoms with Crippen LogP contribution in [0.15, 0.2) is 48.5 Å². The van der Waals surface area contributed by atoms with Crippen molar-refractivity contribution in [3.8, 4) is 5.75 Å². The Bertz CT molecular complexity index is 791. The summed E-state index contributed by atoms with van der Waals surface area (Å²) >= 11 is 0. The molecule has 144 valence electrons. The summed E-state index contributed by atoms with van der Waals surface area (Å²) in [6, 6.07) is 14.4. The summed E-state index contributed by atoms with van der Waals surface area (Å²) in [5, 5.41) is 2.80. The Labute approximate surface area is 160 Å². The van der Waals surface area contributed by atoms with Gasteiger partial charge in [0, 0.05) is 5.69 Å². The van der Waals surface area contributed by atoms with Crippen molar-refractivity contribution in [2.45, 2.75) is 45.6 Å². The van der Waals surface area contributed by atoms with Gasteiger partial charge in [-0.1, -0.05) is 45.9 Å². The molecule has 0 aliphatic rings. The lowest BCUT2D eigenvalue weighted by molar-refractivity contribution is -0.122. The third kappa shape index (κ3) is 5.58. The van der Waals surface area contributed by atoms with E-state index in [1.54, 1.807) is 24.3 Å². The van der Waals surface area contributed by atoms with Crippen LogP contribution in [0.3, 0.4) is 0 Å². The second-order valence-corrected chi connectivity index (χ2v) is 7.35. The van der Waals surface area contributed by atoms with Crippen LogP contribution in [-0.4, -0.2) is 25.1 Å². The van der Waals surface area contributed by atoms with Crippen LogP contribution >= 0.6 is 0 Å². The molecule has 0 aliphatic heterocycles. The molecule has 27 heavy (non-hydrogen) atoms. The molecule has 0 saturated heterocycles. The lowest BCUT2D eigenvalue weighted by Crippen LogP contribution is -2.32. The van der Waals surface area contributed by atoms with Gasteiger partial charge in [0.1, 0.15) is 5.75 Å². The molecule has 0 fully saturated rings. The first-order valence-electron chi connectivity index (χ1n) is 9.01. The number of hydrogen-bond donors (Lipinski definition) is 1. The summed E-state index contributed by atoms with van der Waals surface area (Å²) in [6.45, 7) is 8.33. The minimum absolute atomic E-state index is 0.0602. The average Bonchev–Trinajstić information content (AvgIpc) is 2.65. The molecule has 2 rings (SSSR count). The van der Waals surface area contributed by atoms with Crippen LogP contribution in [0.2, 0.25) is 0 Å². The van der Waals surface area contributed by atoms with Crippen LogP contribution in [0.4, 0.5) is 5.69 Å². The highest BCUT2D eigenvalue weighted by Gasteiger charge is 2.20. The molecule has 0 aromatic heterocycles. The highest BCUT2D eigenvalue weighted by Crippen LogP contribution is 2.25. The zero-order chi connectivity index (χ0) is 20.0. The standard InChI is InChI=1S/C22H27NO4/c1-6-19(27-18-12-10-16(11-13-18)22(2,3)4)20(24)23-17-9-7-8-15(14-17)21(25)26-5/h7-14,19H,6H2,1-5H3,(H,23,24)/t19-/m1/s1. The predicted molar refractivity (Wildman–Crippen MR) is 106 cm³/mol. The molecule has 2 aromatic rings. The molecule has 5 nitrogen and oxygen atoms in total. The fraction of sp³-hybridized carbons (Fsp3) is 0.364. The highest BCUT2D eigenvalue weighted by atomic mass is 16.5. The number of carbonyl (C=O) groups is 2. The Morgan fingerprint density at radius 1 is 1.07 bits per heavy atom. The van der Waals surface area contributed by atoms with Gasteiger partial charge in [-0.05, 0) is 47.7 Å². The van der Waals surface area contributed by atoms with Crippen molar-refractivity contribution in [2.75, 3.05) is 12.4 Å². The Morgan fingerprint density at radius 3 is 2.30 bits per heavy atom. The van der Waals surface area contributed by atoms with Crippen molar-refractivity contribution in [1.29, 1.82) is 0 Å². The molecule has 0 saturated carbocycles. The van der Waals surface area contributed by atoms with E-state index in [2.05, 4.69) is 26.1 Å². The summed E-state index contributed by atoms with van der Waals surface area (Å²) in [5.41, 5.74) is 2.16. The Balaban J connectivity index is 2.07. The number of esters is 1. The molecule has 1 amide bonds. The van der Waals surface area contributed by atoms with Gasteiger partial charge in [-0.2, -0.15) is 0 Å². The largest absolute Gasteiger partial charge is 0.481 e. The third-order valence-corrected chi connectivity index (χ3v) is 4.21. The first-order chi connectivity index (χ1) is 12.7. The van der Waals surface area contributed by atoms with Crippen LogP contribution in [0, 0.1) is 0 Å². The van der Waals surface area contributed by atoms with E-state index >= 15 is 0 Å². The number of benzene rings is 2. The molecule has 2 aromatic carbocycles. The quantitative estimate of drug-likeness (QED) is 0.758. The summed E-state index contributed by atoms with van der Waals surface area (Å²) in [7, 11) is 1.32. The molecular weight excluding hydrogens is 342 g/mol. The number of carbonyl (C=O) groups excluding carboxylic acids is 2. The monoisotopic (exact) mass is 369 g/mol. The van der Waals surface area contributed by atoms with E-state index in [9.17, 15) is 9.59 Å². The second kappa shape index (κ2) is 8.71. The molecule has 0 bridgehead atoms. The first-order valence-corrected chi connectivity index (χ1v) is 9.01. The number of ether oxygens (including phenoxy) is 2. The molecule has 1 atom stereocenters. The second-order valence-electron chi connectivity index (χ2n) is 7.35. The van der Waals surface area contributed by atoms with E-state index < -0.39 is 12.1 Å². The van der Waals surface area contributed by atoms with Gasteiger partial charge >= 0.3 is 5.97 Å². The predicted octanol–water partition coefficient (Wildman–Crippen LogP) is 4.57. The normalized spacial score (nSPS) is 12.2. The van der Waals surface area contributed by atoms with Crippen molar-refractivity contribution in [3.63, 3.8) is 0 Å². The number of nitrogens with one attached hydrogen (secondary N) is 1. The van der Waals surface area contributed by atoms with Gasteiger partial charge in [-0.25, -0.2) is 4.79 Å². The van der Waals surface area contributed by atoms with Crippen LogP contribution < -0.4 is 10.1 Å². The van der Waals surface area contributed by atoms with E-state index in [-0.39, 0.29) is 11.3 Å². The van der Waals surface area contributed by atoms with Crippen molar-refractivity contribution in [1.82, 2.24) is 0 Å². The van der Waals surface area contributed by atoms with Gasteiger partial charge in [0.25, 0.3) is 5.91 Å². The lowest BCUT2D eigenvalue weighted by Gasteiger charge is -2.21. The van der Waals surface area contributed by atoms with Crippen LogP contribution in [0.1, 0.15) is 50.0 Å². The fourth-order valence-corrected chi connectivity index (χ4v) is 2.58. The SMILES string of the molecule is CC[C@@H](Oc1ccc(C(C)(C)C)cc1)C(=O)Nc1cccc(C(=O)OC)c1. The van der Waals surface area contributed by atoms with E-state index in [1.807, 2.05) is 31.2 Å². The van der Waals surface area contributed by atoms with Gasteiger partial charge in [0.2, 0.25) is 0 Å². The molecule has 5 heteroatoms. The van der Waals surface area contributed by atoms with E-state index in [4.69, 9.17) is 9.47 Å². The Morgan fingerprint density at radius 2 is 1.74 bits per heavy atom. The lowest BCUT2D eigenvalue weighted by atomic mass is 9.87. The topological polar surface area (TPSA) is 64.6 Å². The number of rotatable bonds is 6. The van der Waals surface area contributed by atoms with Gasteiger partial charge in [-0.3, -0.25) is 4.79 Å². The van der Waals surface area contributed by atoms with Crippen LogP contribution in [-0.2, 0) is 14.9 Å². The van der Waals surface area contributed by atoms with Crippen LogP contribution in [0.5, 0.6) is 5.75 Å². The number of hydrogen-bond acceptors (Lipinski definition) is 4. The van der Waals surface area contributed by atoms with E-state index in [0.29, 0.717) is 23.4 Å². The molecule has 0 spiro atoms. The summed E-state index contributed by atoms with van der Waals surface area (Å²) in [4.78, 5) is 24.2. The number of anilines is 1. The van der Waals surface area contributed by atoms with Crippen molar-refractivity contribution in [2.24, 2.45) is 0 Å². The van der Waals surface area contributed by atoms with Crippen molar-refractivity contribution in [3.05, 3.63) is 59.7 Å². The zero-order valence-electron chi connectivity index (χ0n) is 16.5. The number of amides is 1. The van der Waals surface area contributed by atoms with Crippen molar-refractivity contribution < 1.29 is 19.1 Å². The van der Waals surface area contributed by atoms with Gasteiger partial charge in [0.05, 0.1) is 12.7 Å². The zero-order valence-corrected chi connectivity index (χ0v) is 16.5. The maximum Gasteiger partial charge on any atom is 0.337 e. The smallest absolute Gasteiger partial charge is 0.337 e. The average molecular weight is 369 g/mol. The molecule has 0 unspecified atom stereocenters. The molecule has 0 radical (unpaired) electrons.